The first-order valence-corrected chi connectivity index (χ1v) is 7.39. The average molecular weight is 275 g/mol. The van der Waals surface area contributed by atoms with E-state index in [1.807, 2.05) is 17.0 Å². The second-order valence-electron chi connectivity index (χ2n) is 5.70. The van der Waals surface area contributed by atoms with Crippen LogP contribution in [0.25, 0.3) is 0 Å². The Labute approximate surface area is 121 Å². The Kier molecular flexibility index (Phi) is 5.01. The maximum absolute atomic E-state index is 12.2. The van der Waals surface area contributed by atoms with Crippen molar-refractivity contribution >= 4 is 6.03 Å². The number of carbonyl (C=O) groups is 1. The van der Waals surface area contributed by atoms with Gasteiger partial charge in [-0.3, -0.25) is 4.90 Å². The highest BCUT2D eigenvalue weighted by Gasteiger charge is 2.22. The molecular formula is C16H25N3O. The second-order valence-corrected chi connectivity index (χ2v) is 5.70. The fourth-order valence-corrected chi connectivity index (χ4v) is 2.53. The molecule has 1 aliphatic rings. The van der Waals surface area contributed by atoms with Gasteiger partial charge in [0, 0.05) is 38.8 Å². The first-order valence-electron chi connectivity index (χ1n) is 7.39. The number of nitrogens with zero attached hydrogens (tertiary/aromatic N) is 2. The summed E-state index contributed by atoms with van der Waals surface area (Å²) in [5.41, 5.74) is 2.40. The van der Waals surface area contributed by atoms with Crippen LogP contribution in [0.15, 0.2) is 24.3 Å². The maximum Gasteiger partial charge on any atom is 0.317 e. The van der Waals surface area contributed by atoms with Crippen LogP contribution >= 0.6 is 0 Å². The molecule has 0 aromatic heterocycles. The van der Waals surface area contributed by atoms with Crippen LogP contribution in [0.1, 0.15) is 25.0 Å². The zero-order valence-corrected chi connectivity index (χ0v) is 12.7. The molecular weight excluding hydrogens is 250 g/mol. The van der Waals surface area contributed by atoms with Crippen LogP contribution in [0, 0.1) is 6.92 Å². The fourth-order valence-electron chi connectivity index (χ4n) is 2.53. The van der Waals surface area contributed by atoms with Crippen molar-refractivity contribution in [3.05, 3.63) is 35.4 Å². The lowest BCUT2D eigenvalue weighted by Gasteiger charge is -2.36. The molecule has 0 bridgehead atoms. The number of aryl methyl sites for hydroxylation is 1. The summed E-state index contributed by atoms with van der Waals surface area (Å²) in [5.74, 6) is 0. The summed E-state index contributed by atoms with van der Waals surface area (Å²) in [6.07, 6.45) is 0. The van der Waals surface area contributed by atoms with Crippen molar-refractivity contribution in [3.8, 4) is 0 Å². The molecule has 20 heavy (non-hydrogen) atoms. The SMILES string of the molecule is Cc1ccccc1CNC(=O)N1CCN(C(C)C)CC1. The molecule has 0 atom stereocenters. The average Bonchev–Trinajstić information content (AvgIpc) is 2.46. The van der Waals surface area contributed by atoms with E-state index in [1.165, 1.54) is 11.1 Å². The lowest BCUT2D eigenvalue weighted by molar-refractivity contribution is 0.119. The predicted molar refractivity (Wildman–Crippen MR) is 81.7 cm³/mol. The van der Waals surface area contributed by atoms with Crippen LogP contribution in [0.5, 0.6) is 0 Å². The van der Waals surface area contributed by atoms with E-state index in [1.54, 1.807) is 0 Å². The number of hydrogen-bond donors (Lipinski definition) is 1. The molecule has 2 amide bonds. The third-order valence-corrected chi connectivity index (χ3v) is 4.02. The molecule has 4 heteroatoms. The standard InChI is InChI=1S/C16H25N3O/c1-13(2)18-8-10-19(11-9-18)16(20)17-12-15-7-5-4-6-14(15)3/h4-7,13H,8-12H2,1-3H3,(H,17,20). The Morgan fingerprint density at radius 3 is 2.45 bits per heavy atom. The molecule has 0 spiro atoms. The van der Waals surface area contributed by atoms with Crippen LogP contribution in [0.4, 0.5) is 4.79 Å². The molecule has 1 aromatic carbocycles. The second kappa shape index (κ2) is 6.75. The summed E-state index contributed by atoms with van der Waals surface area (Å²) in [7, 11) is 0. The molecule has 0 aliphatic carbocycles. The molecule has 1 aliphatic heterocycles. The summed E-state index contributed by atoms with van der Waals surface area (Å²) in [5, 5.41) is 3.02. The summed E-state index contributed by atoms with van der Waals surface area (Å²) in [6, 6.07) is 8.78. The monoisotopic (exact) mass is 275 g/mol. The molecule has 1 fully saturated rings. The van der Waals surface area contributed by atoms with Crippen LogP contribution in [-0.4, -0.2) is 48.1 Å². The summed E-state index contributed by atoms with van der Waals surface area (Å²) in [4.78, 5) is 16.5. The quantitative estimate of drug-likeness (QED) is 0.918. The van der Waals surface area contributed by atoms with Crippen LogP contribution in [0.2, 0.25) is 0 Å². The third-order valence-electron chi connectivity index (χ3n) is 4.02. The van der Waals surface area contributed by atoms with E-state index >= 15 is 0 Å². The van der Waals surface area contributed by atoms with E-state index in [0.717, 1.165) is 26.2 Å². The summed E-state index contributed by atoms with van der Waals surface area (Å²) in [6.45, 7) is 10.7. The van der Waals surface area contributed by atoms with Crippen LogP contribution in [0.3, 0.4) is 0 Å². The van der Waals surface area contributed by atoms with Crippen molar-refractivity contribution in [3.63, 3.8) is 0 Å². The molecule has 1 saturated heterocycles. The largest absolute Gasteiger partial charge is 0.334 e. The van der Waals surface area contributed by atoms with Gasteiger partial charge in [-0.2, -0.15) is 0 Å². The van der Waals surface area contributed by atoms with Gasteiger partial charge in [0.2, 0.25) is 0 Å². The summed E-state index contributed by atoms with van der Waals surface area (Å²) >= 11 is 0. The molecule has 0 radical (unpaired) electrons. The van der Waals surface area contributed by atoms with E-state index < -0.39 is 0 Å². The number of nitrogens with one attached hydrogen (secondary N) is 1. The van der Waals surface area contributed by atoms with Gasteiger partial charge in [-0.25, -0.2) is 4.79 Å². The molecule has 110 valence electrons. The van der Waals surface area contributed by atoms with Crippen LogP contribution < -0.4 is 5.32 Å². The van der Waals surface area contributed by atoms with E-state index in [9.17, 15) is 4.79 Å². The lowest BCUT2D eigenvalue weighted by atomic mass is 10.1. The number of piperazine rings is 1. The van der Waals surface area contributed by atoms with Gasteiger partial charge in [-0.15, -0.1) is 0 Å². The molecule has 1 aromatic rings. The Hall–Kier alpha value is -1.55. The number of urea groups is 1. The van der Waals surface area contributed by atoms with Crippen molar-refractivity contribution in [2.45, 2.75) is 33.4 Å². The normalized spacial score (nSPS) is 16.5. The topological polar surface area (TPSA) is 35.6 Å². The molecule has 4 nitrogen and oxygen atoms in total. The van der Waals surface area contributed by atoms with Gasteiger partial charge >= 0.3 is 6.03 Å². The zero-order valence-electron chi connectivity index (χ0n) is 12.7. The zero-order chi connectivity index (χ0) is 14.5. The number of rotatable bonds is 3. The van der Waals surface area contributed by atoms with E-state index in [-0.39, 0.29) is 6.03 Å². The minimum Gasteiger partial charge on any atom is -0.334 e. The molecule has 2 rings (SSSR count). The third kappa shape index (κ3) is 3.73. The highest BCUT2D eigenvalue weighted by atomic mass is 16.2. The van der Waals surface area contributed by atoms with Gasteiger partial charge in [-0.1, -0.05) is 24.3 Å². The van der Waals surface area contributed by atoms with E-state index in [2.05, 4.69) is 43.1 Å². The smallest absolute Gasteiger partial charge is 0.317 e. The first kappa shape index (κ1) is 14.9. The van der Waals surface area contributed by atoms with Gasteiger partial charge < -0.3 is 10.2 Å². The fraction of sp³-hybridized carbons (Fsp3) is 0.562. The van der Waals surface area contributed by atoms with Gasteiger partial charge in [0.15, 0.2) is 0 Å². The van der Waals surface area contributed by atoms with Gasteiger partial charge in [0.1, 0.15) is 0 Å². The van der Waals surface area contributed by atoms with Crippen molar-refractivity contribution < 1.29 is 4.79 Å². The van der Waals surface area contributed by atoms with E-state index in [4.69, 9.17) is 0 Å². The van der Waals surface area contributed by atoms with E-state index in [0.29, 0.717) is 12.6 Å². The van der Waals surface area contributed by atoms with Gasteiger partial charge in [0.05, 0.1) is 0 Å². The van der Waals surface area contributed by atoms with Crippen LogP contribution in [-0.2, 0) is 6.54 Å². The highest BCUT2D eigenvalue weighted by Crippen LogP contribution is 2.08. The van der Waals surface area contributed by atoms with Crippen molar-refractivity contribution in [1.29, 1.82) is 0 Å². The van der Waals surface area contributed by atoms with Crippen molar-refractivity contribution in [2.75, 3.05) is 26.2 Å². The van der Waals surface area contributed by atoms with Crippen molar-refractivity contribution in [1.82, 2.24) is 15.1 Å². The highest BCUT2D eigenvalue weighted by molar-refractivity contribution is 5.74. The molecule has 0 unspecified atom stereocenters. The molecule has 1 heterocycles. The Morgan fingerprint density at radius 2 is 1.85 bits per heavy atom. The number of carbonyl (C=O) groups excluding carboxylic acids is 1. The molecule has 0 saturated carbocycles. The minimum absolute atomic E-state index is 0.0525. The predicted octanol–water partition coefficient (Wildman–Crippen LogP) is 2.23. The van der Waals surface area contributed by atoms with Gasteiger partial charge in [-0.05, 0) is 31.9 Å². The number of hydrogen-bond acceptors (Lipinski definition) is 2. The summed E-state index contributed by atoms with van der Waals surface area (Å²) < 4.78 is 0. The maximum atomic E-state index is 12.2. The Balaban J connectivity index is 1.80. The number of amides is 2. The molecule has 1 N–H and O–H groups in total. The lowest BCUT2D eigenvalue weighted by Crippen LogP contribution is -2.53. The van der Waals surface area contributed by atoms with Gasteiger partial charge in [0.25, 0.3) is 0 Å². The first-order chi connectivity index (χ1) is 9.58. The van der Waals surface area contributed by atoms with Crippen molar-refractivity contribution in [2.24, 2.45) is 0 Å². The Bertz CT molecular complexity index is 451. The minimum atomic E-state index is 0.0525. The number of benzene rings is 1. The Morgan fingerprint density at radius 1 is 1.20 bits per heavy atom.